The molecule has 2 rings (SSSR count). The third kappa shape index (κ3) is 5.10. The average Bonchev–Trinajstić information content (AvgIpc) is 3.34. The Labute approximate surface area is 131 Å². The summed E-state index contributed by atoms with van der Waals surface area (Å²) in [5, 5.41) is 2.48. The van der Waals surface area contributed by atoms with Crippen molar-refractivity contribution in [3.05, 3.63) is 35.7 Å². The smallest absolute Gasteiger partial charge is 0.327 e. The maximum atomic E-state index is 13.5. The molecule has 0 heterocycles. The Morgan fingerprint density at radius 1 is 1.22 bits per heavy atom. The van der Waals surface area contributed by atoms with E-state index in [2.05, 4.69) is 10.7 Å². The number of halogens is 1. The highest BCUT2D eigenvalue weighted by molar-refractivity contribution is 6.35. The number of carbonyl (C=O) groups is 3. The Bertz CT molecular complexity index is 656. The lowest BCUT2D eigenvalue weighted by atomic mass is 10.2. The van der Waals surface area contributed by atoms with E-state index < -0.39 is 23.5 Å². The van der Waals surface area contributed by atoms with Gasteiger partial charge >= 0.3 is 11.8 Å². The fourth-order valence-electron chi connectivity index (χ4n) is 1.65. The van der Waals surface area contributed by atoms with Gasteiger partial charge in [-0.25, -0.2) is 4.39 Å². The maximum Gasteiger partial charge on any atom is 0.327 e. The van der Waals surface area contributed by atoms with Gasteiger partial charge in [-0.15, -0.1) is 0 Å². The molecule has 3 N–H and O–H groups in total. The summed E-state index contributed by atoms with van der Waals surface area (Å²) in [7, 11) is 1.35. The van der Waals surface area contributed by atoms with E-state index >= 15 is 0 Å². The predicted molar refractivity (Wildman–Crippen MR) is 79.4 cm³/mol. The lowest BCUT2D eigenvalue weighted by molar-refractivity contribution is -0.140. The maximum absolute atomic E-state index is 13.5. The van der Waals surface area contributed by atoms with E-state index in [0.29, 0.717) is 5.56 Å². The van der Waals surface area contributed by atoms with Gasteiger partial charge in [-0.2, -0.15) is 0 Å². The number of nitrogens with one attached hydrogen (secondary N) is 3. The molecule has 1 aromatic rings. The lowest BCUT2D eigenvalue weighted by Gasteiger charge is -2.05. The number of hydrogen-bond acceptors (Lipinski definition) is 4. The van der Waals surface area contributed by atoms with E-state index in [1.54, 1.807) is 6.07 Å². The summed E-state index contributed by atoms with van der Waals surface area (Å²) in [6.07, 6.45) is 4.16. The summed E-state index contributed by atoms with van der Waals surface area (Å²) in [6, 6.07) is 4.24. The predicted octanol–water partition coefficient (Wildman–Crippen LogP) is 0.273. The van der Waals surface area contributed by atoms with Crippen LogP contribution in [-0.4, -0.2) is 30.9 Å². The van der Waals surface area contributed by atoms with Gasteiger partial charge in [0.1, 0.15) is 0 Å². The van der Waals surface area contributed by atoms with E-state index in [0.717, 1.165) is 18.9 Å². The molecule has 1 saturated carbocycles. The molecule has 1 fully saturated rings. The normalized spacial score (nSPS) is 13.5. The third-order valence-corrected chi connectivity index (χ3v) is 3.02. The van der Waals surface area contributed by atoms with Gasteiger partial charge in [0.25, 0.3) is 5.91 Å². The fourth-order valence-corrected chi connectivity index (χ4v) is 1.65. The highest BCUT2D eigenvalue weighted by Crippen LogP contribution is 2.18. The fraction of sp³-hybridized carbons (Fsp3) is 0.267. The number of ether oxygens (including phenoxy) is 1. The van der Waals surface area contributed by atoms with Crippen LogP contribution in [0.4, 0.5) is 4.39 Å². The van der Waals surface area contributed by atoms with Crippen LogP contribution in [0.3, 0.4) is 0 Å². The van der Waals surface area contributed by atoms with Crippen molar-refractivity contribution in [2.24, 2.45) is 0 Å². The first-order valence-electron chi connectivity index (χ1n) is 6.92. The number of carbonyl (C=O) groups excluding carboxylic acids is 3. The van der Waals surface area contributed by atoms with Crippen molar-refractivity contribution in [3.8, 4) is 5.75 Å². The van der Waals surface area contributed by atoms with Crippen LogP contribution in [0.25, 0.3) is 6.08 Å². The van der Waals surface area contributed by atoms with E-state index in [1.807, 2.05) is 5.43 Å². The number of benzene rings is 1. The molecule has 0 radical (unpaired) electrons. The van der Waals surface area contributed by atoms with Gasteiger partial charge < -0.3 is 10.1 Å². The zero-order valence-corrected chi connectivity index (χ0v) is 12.4. The van der Waals surface area contributed by atoms with Crippen LogP contribution in [-0.2, 0) is 14.4 Å². The van der Waals surface area contributed by atoms with E-state index in [4.69, 9.17) is 4.74 Å². The van der Waals surface area contributed by atoms with Crippen LogP contribution in [0.15, 0.2) is 24.3 Å². The number of rotatable bonds is 4. The molecule has 0 spiro atoms. The zero-order valence-electron chi connectivity index (χ0n) is 12.4. The second-order valence-electron chi connectivity index (χ2n) is 4.92. The van der Waals surface area contributed by atoms with E-state index in [1.165, 1.54) is 25.3 Å². The molecule has 7 nitrogen and oxygen atoms in total. The summed E-state index contributed by atoms with van der Waals surface area (Å²) in [6.45, 7) is 0. The van der Waals surface area contributed by atoms with Crippen LogP contribution in [0.2, 0.25) is 0 Å². The van der Waals surface area contributed by atoms with Crippen molar-refractivity contribution in [2.45, 2.75) is 18.9 Å². The molecule has 8 heteroatoms. The van der Waals surface area contributed by atoms with Gasteiger partial charge in [-0.1, -0.05) is 6.07 Å². The molecule has 3 amide bonds. The van der Waals surface area contributed by atoms with Crippen molar-refractivity contribution >= 4 is 23.8 Å². The van der Waals surface area contributed by atoms with Crippen LogP contribution in [0, 0.1) is 5.82 Å². The van der Waals surface area contributed by atoms with Crippen molar-refractivity contribution in [1.29, 1.82) is 0 Å². The molecule has 0 aromatic heterocycles. The molecule has 0 unspecified atom stereocenters. The third-order valence-electron chi connectivity index (χ3n) is 3.02. The molecule has 0 aliphatic heterocycles. The van der Waals surface area contributed by atoms with Gasteiger partial charge in [0.2, 0.25) is 0 Å². The minimum atomic E-state index is -0.950. The minimum absolute atomic E-state index is 0.0498. The van der Waals surface area contributed by atoms with Crippen LogP contribution in [0.5, 0.6) is 5.75 Å². The Morgan fingerprint density at radius 3 is 2.57 bits per heavy atom. The SMILES string of the molecule is COc1ccc(/C=C/C(=O)NNC(=O)C(=O)NC2CC2)cc1F. The second-order valence-corrected chi connectivity index (χ2v) is 4.92. The lowest BCUT2D eigenvalue weighted by Crippen LogP contribution is -2.48. The molecule has 23 heavy (non-hydrogen) atoms. The molecule has 1 aromatic carbocycles. The summed E-state index contributed by atoms with van der Waals surface area (Å²) in [5.74, 6) is -2.86. The first-order chi connectivity index (χ1) is 11.0. The Kier molecular flexibility index (Phi) is 5.29. The van der Waals surface area contributed by atoms with E-state index in [9.17, 15) is 18.8 Å². The molecule has 122 valence electrons. The summed E-state index contributed by atoms with van der Waals surface area (Å²) in [5.41, 5.74) is 4.49. The highest BCUT2D eigenvalue weighted by Gasteiger charge is 2.26. The Balaban J connectivity index is 1.80. The molecular weight excluding hydrogens is 305 g/mol. The van der Waals surface area contributed by atoms with Crippen molar-refractivity contribution < 1.29 is 23.5 Å². The largest absolute Gasteiger partial charge is 0.494 e. The van der Waals surface area contributed by atoms with Gasteiger partial charge in [0.15, 0.2) is 11.6 Å². The van der Waals surface area contributed by atoms with Gasteiger partial charge in [0, 0.05) is 12.1 Å². The molecule has 0 saturated heterocycles. The van der Waals surface area contributed by atoms with Gasteiger partial charge in [0.05, 0.1) is 7.11 Å². The summed E-state index contributed by atoms with van der Waals surface area (Å²) < 4.78 is 18.2. The highest BCUT2D eigenvalue weighted by atomic mass is 19.1. The number of amides is 3. The minimum Gasteiger partial charge on any atom is -0.494 e. The molecule has 1 aliphatic rings. The van der Waals surface area contributed by atoms with Crippen molar-refractivity contribution in [2.75, 3.05) is 7.11 Å². The topological polar surface area (TPSA) is 96.5 Å². The summed E-state index contributed by atoms with van der Waals surface area (Å²) >= 11 is 0. The Morgan fingerprint density at radius 2 is 1.96 bits per heavy atom. The van der Waals surface area contributed by atoms with E-state index in [-0.39, 0.29) is 11.8 Å². The quantitative estimate of drug-likeness (QED) is 0.421. The number of hydrogen-bond donors (Lipinski definition) is 3. The average molecular weight is 321 g/mol. The van der Waals surface area contributed by atoms with Gasteiger partial charge in [-0.05, 0) is 36.6 Å². The molecule has 0 atom stereocenters. The number of hydrazine groups is 1. The second kappa shape index (κ2) is 7.39. The van der Waals surface area contributed by atoms with Crippen LogP contribution in [0.1, 0.15) is 18.4 Å². The standard InChI is InChI=1S/C15H16FN3O4/c1-23-12-6-2-9(8-11(12)16)3-7-13(20)18-19-15(22)14(21)17-10-4-5-10/h2-3,6-8,10H,4-5H2,1H3,(H,17,21)(H,18,20)(H,19,22)/b7-3+. The van der Waals surface area contributed by atoms with Crippen LogP contribution < -0.4 is 20.9 Å². The molecule has 1 aliphatic carbocycles. The summed E-state index contributed by atoms with van der Waals surface area (Å²) in [4.78, 5) is 34.2. The zero-order chi connectivity index (χ0) is 16.8. The number of methoxy groups -OCH3 is 1. The van der Waals surface area contributed by atoms with Crippen molar-refractivity contribution in [3.63, 3.8) is 0 Å². The van der Waals surface area contributed by atoms with Crippen molar-refractivity contribution in [1.82, 2.24) is 16.2 Å². The Hall–Kier alpha value is -2.90. The van der Waals surface area contributed by atoms with Gasteiger partial charge in [-0.3, -0.25) is 25.2 Å². The monoisotopic (exact) mass is 321 g/mol. The van der Waals surface area contributed by atoms with Crippen LogP contribution >= 0.6 is 0 Å². The first kappa shape index (κ1) is 16.5. The molecular formula is C15H16FN3O4. The molecule has 0 bridgehead atoms. The first-order valence-corrected chi connectivity index (χ1v) is 6.92.